The van der Waals surface area contributed by atoms with Crippen LogP contribution in [0.15, 0.2) is 13.5 Å². The van der Waals surface area contributed by atoms with Gasteiger partial charge in [0.05, 0.1) is 13.2 Å². The van der Waals surface area contributed by atoms with Crippen LogP contribution in [0.5, 0.6) is 0 Å². The Bertz CT molecular complexity index is 460. The van der Waals surface area contributed by atoms with Crippen molar-refractivity contribution in [2.75, 3.05) is 13.2 Å². The molecule has 0 aromatic carbocycles. The zero-order valence-electron chi connectivity index (χ0n) is 8.00. The Balaban J connectivity index is 2.56. The largest absolute Gasteiger partial charge is 0.315 e. The van der Waals surface area contributed by atoms with E-state index in [9.17, 15) is 0 Å². The zero-order chi connectivity index (χ0) is 12.0. The van der Waals surface area contributed by atoms with Crippen LogP contribution in [-0.2, 0) is 9.05 Å². The summed E-state index contributed by atoms with van der Waals surface area (Å²) in [6.07, 6.45) is 0. The molecule has 0 aromatic heterocycles. The molecule has 2 rings (SSSR count). The molecule has 16 heavy (non-hydrogen) atoms. The van der Waals surface area contributed by atoms with Crippen LogP contribution in [0.2, 0.25) is 0 Å². The number of hydrogen-bond acceptors (Lipinski definition) is 5. The lowest BCUT2D eigenvalue weighted by Crippen LogP contribution is -2.11. The van der Waals surface area contributed by atoms with Gasteiger partial charge in [-0.1, -0.05) is 6.92 Å². The summed E-state index contributed by atoms with van der Waals surface area (Å²) in [5, 5.41) is 0. The SMILES string of the molecule is C[C@@H]1CO[P@]2(Cl)=N[P@@](Cl)(=NP(Cl)(Cl)=N2)OC1. The van der Waals surface area contributed by atoms with Gasteiger partial charge in [0.2, 0.25) is 0 Å². The summed E-state index contributed by atoms with van der Waals surface area (Å²) in [7, 11) is 0. The van der Waals surface area contributed by atoms with Gasteiger partial charge >= 0.3 is 0 Å². The van der Waals surface area contributed by atoms with Crippen LogP contribution < -0.4 is 0 Å². The highest BCUT2D eigenvalue weighted by Gasteiger charge is 2.37. The molecule has 2 aliphatic rings. The Labute approximate surface area is 113 Å². The molecule has 0 aromatic rings. The first-order valence-corrected chi connectivity index (χ1v) is 12.8. The smallest absolute Gasteiger partial charge is 0.300 e. The van der Waals surface area contributed by atoms with Crippen molar-refractivity contribution in [2.24, 2.45) is 19.5 Å². The minimum atomic E-state index is -2.93. The Morgan fingerprint density at radius 2 is 1.44 bits per heavy atom. The van der Waals surface area contributed by atoms with Crippen LogP contribution in [0.25, 0.3) is 0 Å². The van der Waals surface area contributed by atoms with E-state index in [4.69, 9.17) is 54.0 Å². The Morgan fingerprint density at radius 3 is 2.00 bits per heavy atom. The Morgan fingerprint density at radius 1 is 0.938 bits per heavy atom. The van der Waals surface area contributed by atoms with Crippen LogP contribution in [0.3, 0.4) is 0 Å². The maximum atomic E-state index is 6.14. The van der Waals surface area contributed by atoms with E-state index >= 15 is 0 Å². The lowest BCUT2D eigenvalue weighted by atomic mass is 10.2. The highest BCUT2D eigenvalue weighted by molar-refractivity contribution is 8.16. The van der Waals surface area contributed by atoms with Crippen molar-refractivity contribution in [3.63, 3.8) is 0 Å². The van der Waals surface area contributed by atoms with Gasteiger partial charge in [-0.3, -0.25) is 0 Å². The second-order valence-electron chi connectivity index (χ2n) is 3.37. The second kappa shape index (κ2) is 4.71. The van der Waals surface area contributed by atoms with E-state index in [0.29, 0.717) is 13.2 Å². The molecule has 5 nitrogen and oxygen atoms in total. The Hall–Kier alpha value is 1.77. The summed E-state index contributed by atoms with van der Waals surface area (Å²) in [5.41, 5.74) is 0. The predicted molar refractivity (Wildman–Crippen MR) is 72.5 cm³/mol. The summed E-state index contributed by atoms with van der Waals surface area (Å²) in [6.45, 7) is -3.09. The van der Waals surface area contributed by atoms with Gasteiger partial charge in [-0.15, -0.1) is 0 Å². The summed E-state index contributed by atoms with van der Waals surface area (Å²) < 4.78 is 22.9. The molecule has 3 atom stereocenters. The molecule has 2 bridgehead atoms. The van der Waals surface area contributed by atoms with Crippen molar-refractivity contribution in [1.82, 2.24) is 0 Å². The van der Waals surface area contributed by atoms with Gasteiger partial charge < -0.3 is 9.05 Å². The van der Waals surface area contributed by atoms with Crippen LogP contribution in [0.1, 0.15) is 6.92 Å². The van der Waals surface area contributed by atoms with Crippen molar-refractivity contribution < 1.29 is 9.05 Å². The summed E-state index contributed by atoms with van der Waals surface area (Å²) in [5.74, 6) is -2.78. The fourth-order valence-corrected chi connectivity index (χ4v) is 16.0. The van der Waals surface area contributed by atoms with E-state index in [1.54, 1.807) is 0 Å². The summed E-state index contributed by atoms with van der Waals surface area (Å²) >= 11 is 24.1. The topological polar surface area (TPSA) is 55.5 Å². The maximum Gasteiger partial charge on any atom is 0.300 e. The number of rotatable bonds is 0. The third kappa shape index (κ3) is 3.41. The molecular formula is C4H8Cl4N3O2P3. The van der Waals surface area contributed by atoms with Gasteiger partial charge in [0, 0.05) is 5.92 Å². The Kier molecular flexibility index (Phi) is 4.17. The van der Waals surface area contributed by atoms with Crippen LogP contribution in [-0.4, -0.2) is 13.2 Å². The molecule has 0 N–H and O–H groups in total. The first-order chi connectivity index (χ1) is 7.22. The van der Waals surface area contributed by atoms with Gasteiger partial charge in [0.15, 0.2) is 0 Å². The predicted octanol–water partition coefficient (Wildman–Crippen LogP) is 6.48. The lowest BCUT2D eigenvalue weighted by molar-refractivity contribution is 0.206. The van der Waals surface area contributed by atoms with E-state index in [0.717, 1.165) is 0 Å². The number of hydrogen-bond donors (Lipinski definition) is 0. The average Bonchev–Trinajstić information content (AvgIpc) is 2.06. The van der Waals surface area contributed by atoms with Crippen LogP contribution in [0, 0.1) is 5.92 Å². The number of fused-ring (bicyclic) bond motifs is 1. The van der Waals surface area contributed by atoms with Crippen molar-refractivity contribution in [2.45, 2.75) is 6.92 Å². The van der Waals surface area contributed by atoms with Crippen molar-refractivity contribution >= 4 is 64.4 Å². The molecule has 2 aliphatic heterocycles. The summed E-state index contributed by atoms with van der Waals surface area (Å²) in [6, 6.07) is 0. The molecule has 0 spiro atoms. The molecular weight excluding hydrogens is 357 g/mol. The van der Waals surface area contributed by atoms with Gasteiger partial charge in [-0.2, -0.15) is 13.5 Å². The minimum Gasteiger partial charge on any atom is -0.315 e. The van der Waals surface area contributed by atoms with E-state index in [-0.39, 0.29) is 5.92 Å². The van der Waals surface area contributed by atoms with E-state index < -0.39 is 19.5 Å². The highest BCUT2D eigenvalue weighted by atomic mass is 35.9. The molecule has 0 radical (unpaired) electrons. The quantitative estimate of drug-likeness (QED) is 0.462. The third-order valence-electron chi connectivity index (χ3n) is 1.70. The fraction of sp³-hybridized carbons (Fsp3) is 1.00. The van der Waals surface area contributed by atoms with E-state index in [1.807, 2.05) is 6.92 Å². The van der Waals surface area contributed by atoms with Crippen LogP contribution in [0.4, 0.5) is 0 Å². The normalized spacial score (nSPS) is 46.7. The molecule has 0 aliphatic carbocycles. The highest BCUT2D eigenvalue weighted by Crippen LogP contribution is 2.85. The van der Waals surface area contributed by atoms with E-state index in [2.05, 4.69) is 13.5 Å². The van der Waals surface area contributed by atoms with Crippen molar-refractivity contribution in [3.05, 3.63) is 0 Å². The summed E-state index contributed by atoms with van der Waals surface area (Å²) in [4.78, 5) is 0. The van der Waals surface area contributed by atoms with Gasteiger partial charge in [-0.05, 0) is 45.0 Å². The molecule has 2 heterocycles. The average molecular weight is 365 g/mol. The first-order valence-electron chi connectivity index (χ1n) is 4.21. The monoisotopic (exact) mass is 363 g/mol. The number of halogens is 4. The van der Waals surface area contributed by atoms with Crippen molar-refractivity contribution in [1.29, 1.82) is 0 Å². The van der Waals surface area contributed by atoms with Gasteiger partial charge in [0.25, 0.3) is 19.5 Å². The maximum absolute atomic E-state index is 6.14. The molecule has 0 amide bonds. The van der Waals surface area contributed by atoms with Crippen molar-refractivity contribution in [3.8, 4) is 0 Å². The van der Waals surface area contributed by atoms with Gasteiger partial charge in [0.1, 0.15) is 0 Å². The fourth-order valence-electron chi connectivity index (χ4n) is 1.05. The third-order valence-corrected chi connectivity index (χ3v) is 13.4. The molecule has 12 heteroatoms. The number of nitrogens with zero attached hydrogens (tertiary/aromatic N) is 3. The van der Waals surface area contributed by atoms with E-state index in [1.165, 1.54) is 0 Å². The first kappa shape index (κ1) is 14.2. The molecule has 0 saturated heterocycles. The van der Waals surface area contributed by atoms with Crippen LogP contribution >= 0.6 is 64.4 Å². The standard InChI is InChI=1S/C4H8Cl4N3O2P3/c1-4-2-12-15(7)9-14(5,6)10-16(8,11-15)13-3-4/h4H,2-3H2,1H3/t4-,15+,16-. The van der Waals surface area contributed by atoms with Gasteiger partial charge in [-0.25, -0.2) is 0 Å². The zero-order valence-corrected chi connectivity index (χ0v) is 13.7. The molecule has 0 unspecified atom stereocenters. The second-order valence-corrected chi connectivity index (χ2v) is 14.8. The lowest BCUT2D eigenvalue weighted by Gasteiger charge is -2.28. The molecule has 0 saturated carbocycles. The molecule has 0 fully saturated rings. The molecule has 94 valence electrons. The minimum absolute atomic E-state index is 0.147.